The van der Waals surface area contributed by atoms with E-state index in [4.69, 9.17) is 37.9 Å². The molecule has 3 fully saturated rings. The molecule has 5 aromatic rings. The van der Waals surface area contributed by atoms with Crippen LogP contribution in [0.1, 0.15) is 41.1 Å². The number of pyridine rings is 2. The Morgan fingerprint density at radius 2 is 1.76 bits per heavy atom. The number of thiazole rings is 1. The maximum absolute atomic E-state index is 12.2. The summed E-state index contributed by atoms with van der Waals surface area (Å²) in [5, 5.41) is 14.9. The molecule has 1 atom stereocenters. The fraction of sp³-hybridized carbons (Fsp3) is 0.324. The average Bonchev–Trinajstić information content (AvgIpc) is 3.78. The SMILES string of the molecule is COc1nc(-c2cccc(-c3cccc(Cc4nccc5sc(CN6C[C@@H](O)CC6=O)nc45)c3Cl)c2Cl)ccc1CN1CC2(CCC(=O)N2)C1. The molecule has 3 aliphatic heterocycles. The van der Waals surface area contributed by atoms with Crippen molar-refractivity contribution >= 4 is 56.6 Å². The molecule has 256 valence electrons. The first-order valence-corrected chi connectivity index (χ1v) is 18.1. The zero-order chi connectivity index (χ0) is 34.6. The quantitative estimate of drug-likeness (QED) is 0.193. The minimum atomic E-state index is -0.629. The minimum Gasteiger partial charge on any atom is -0.481 e. The molecule has 10 nitrogen and oxygen atoms in total. The number of carbonyl (C=O) groups excluding carboxylic acids is 2. The van der Waals surface area contributed by atoms with Gasteiger partial charge in [0.15, 0.2) is 0 Å². The van der Waals surface area contributed by atoms with Gasteiger partial charge >= 0.3 is 0 Å². The van der Waals surface area contributed by atoms with Crippen molar-refractivity contribution in [3.63, 3.8) is 0 Å². The van der Waals surface area contributed by atoms with Crippen LogP contribution in [0.25, 0.3) is 32.6 Å². The molecule has 13 heteroatoms. The van der Waals surface area contributed by atoms with Crippen LogP contribution >= 0.6 is 34.5 Å². The zero-order valence-corrected chi connectivity index (χ0v) is 29.6. The van der Waals surface area contributed by atoms with Crippen LogP contribution < -0.4 is 10.1 Å². The van der Waals surface area contributed by atoms with E-state index in [9.17, 15) is 14.7 Å². The second kappa shape index (κ2) is 13.2. The lowest BCUT2D eigenvalue weighted by atomic mass is 9.88. The average molecular weight is 730 g/mol. The predicted molar refractivity (Wildman–Crippen MR) is 193 cm³/mol. The number of ether oxygens (including phenoxy) is 1. The van der Waals surface area contributed by atoms with E-state index < -0.39 is 6.10 Å². The van der Waals surface area contributed by atoms with Crippen LogP contribution in [0, 0.1) is 0 Å². The zero-order valence-electron chi connectivity index (χ0n) is 27.3. The summed E-state index contributed by atoms with van der Waals surface area (Å²) in [4.78, 5) is 42.3. The fourth-order valence-electron chi connectivity index (χ4n) is 7.35. The fourth-order valence-corrected chi connectivity index (χ4v) is 8.97. The highest BCUT2D eigenvalue weighted by atomic mass is 35.5. The third kappa shape index (κ3) is 6.22. The second-order valence-corrected chi connectivity index (χ2v) is 15.2. The lowest BCUT2D eigenvalue weighted by Crippen LogP contribution is -2.66. The summed E-state index contributed by atoms with van der Waals surface area (Å²) in [6.07, 6.45) is 3.23. The molecule has 1 spiro atoms. The number of likely N-dealkylation sites (tertiary alicyclic amines) is 2. The van der Waals surface area contributed by atoms with E-state index >= 15 is 0 Å². The number of β-amino-alcohol motifs (C(OH)–C–C–N with tert-alkyl or cyclic N) is 1. The van der Waals surface area contributed by atoms with Crippen LogP contribution in [-0.4, -0.2) is 80.1 Å². The number of benzene rings is 2. The Bertz CT molecular complexity index is 2150. The number of fused-ring (bicyclic) bond motifs is 1. The molecule has 0 unspecified atom stereocenters. The Labute approximate surface area is 303 Å². The molecular formula is C37H34Cl2N6O4S. The van der Waals surface area contributed by atoms with E-state index in [-0.39, 0.29) is 23.8 Å². The van der Waals surface area contributed by atoms with Gasteiger partial charge in [-0.25, -0.2) is 9.97 Å². The van der Waals surface area contributed by atoms with Gasteiger partial charge in [0.1, 0.15) is 10.5 Å². The van der Waals surface area contributed by atoms with E-state index in [1.165, 1.54) is 11.3 Å². The molecule has 0 saturated carbocycles. The van der Waals surface area contributed by atoms with Crippen molar-refractivity contribution in [3.05, 3.63) is 92.7 Å². The maximum Gasteiger partial charge on any atom is 0.225 e. The third-order valence-electron chi connectivity index (χ3n) is 9.76. The Morgan fingerprint density at radius 3 is 2.50 bits per heavy atom. The number of rotatable bonds is 9. The number of aliphatic hydroxyl groups excluding tert-OH is 1. The van der Waals surface area contributed by atoms with Gasteiger partial charge in [-0.1, -0.05) is 65.7 Å². The van der Waals surface area contributed by atoms with Gasteiger partial charge in [-0.15, -0.1) is 11.3 Å². The van der Waals surface area contributed by atoms with Crippen LogP contribution in [0.2, 0.25) is 10.0 Å². The van der Waals surface area contributed by atoms with Crippen LogP contribution in [0.5, 0.6) is 5.88 Å². The van der Waals surface area contributed by atoms with Crippen LogP contribution in [0.3, 0.4) is 0 Å². The number of nitrogens with zero attached hydrogens (tertiary/aromatic N) is 5. The van der Waals surface area contributed by atoms with Crippen molar-refractivity contribution in [2.24, 2.45) is 0 Å². The van der Waals surface area contributed by atoms with Crippen molar-refractivity contribution in [1.29, 1.82) is 0 Å². The monoisotopic (exact) mass is 728 g/mol. The minimum absolute atomic E-state index is 0.0641. The lowest BCUT2D eigenvalue weighted by Gasteiger charge is -2.48. The van der Waals surface area contributed by atoms with Crippen LogP contribution in [0.15, 0.2) is 60.8 Å². The highest BCUT2D eigenvalue weighted by Crippen LogP contribution is 2.41. The number of aliphatic hydroxyl groups is 1. The van der Waals surface area contributed by atoms with E-state index in [0.29, 0.717) is 54.1 Å². The molecular weight excluding hydrogens is 695 g/mol. The summed E-state index contributed by atoms with van der Waals surface area (Å²) in [5.41, 5.74) is 6.36. The molecule has 2 N–H and O–H groups in total. The molecule has 50 heavy (non-hydrogen) atoms. The van der Waals surface area contributed by atoms with E-state index in [0.717, 1.165) is 68.2 Å². The number of hydrogen-bond acceptors (Lipinski definition) is 9. The summed E-state index contributed by atoms with van der Waals surface area (Å²) in [6.45, 7) is 3.00. The summed E-state index contributed by atoms with van der Waals surface area (Å²) in [7, 11) is 1.62. The first-order chi connectivity index (χ1) is 24.2. The molecule has 0 bridgehead atoms. The van der Waals surface area contributed by atoms with Crippen LogP contribution in [0.4, 0.5) is 0 Å². The molecule has 8 rings (SSSR count). The summed E-state index contributed by atoms with van der Waals surface area (Å²) < 4.78 is 6.70. The molecule has 3 aliphatic rings. The van der Waals surface area contributed by atoms with Gasteiger partial charge in [0.25, 0.3) is 0 Å². The number of nitrogens with one attached hydrogen (secondary N) is 1. The van der Waals surface area contributed by atoms with Crippen molar-refractivity contribution < 1.29 is 19.4 Å². The number of halogens is 2. The predicted octanol–water partition coefficient (Wildman–Crippen LogP) is 5.88. The Hall–Kier alpha value is -4.13. The summed E-state index contributed by atoms with van der Waals surface area (Å²) in [6, 6.07) is 17.6. The molecule has 3 aromatic heterocycles. The first-order valence-electron chi connectivity index (χ1n) is 16.5. The number of aromatic nitrogens is 3. The molecule has 2 aromatic carbocycles. The van der Waals surface area contributed by atoms with Crippen molar-refractivity contribution in [2.75, 3.05) is 26.7 Å². The van der Waals surface area contributed by atoms with Gasteiger partial charge < -0.3 is 20.1 Å². The molecule has 2 amide bonds. The van der Waals surface area contributed by atoms with Gasteiger partial charge in [0, 0.05) is 67.5 Å². The summed E-state index contributed by atoms with van der Waals surface area (Å²) in [5.74, 6) is 0.610. The van der Waals surface area contributed by atoms with E-state index in [1.807, 2.05) is 54.6 Å². The van der Waals surface area contributed by atoms with Crippen molar-refractivity contribution in [2.45, 2.75) is 50.4 Å². The third-order valence-corrected chi connectivity index (χ3v) is 11.6. The highest BCUT2D eigenvalue weighted by molar-refractivity contribution is 7.18. The molecule has 6 heterocycles. The first kappa shape index (κ1) is 33.0. The Morgan fingerprint density at radius 1 is 0.980 bits per heavy atom. The normalized spacial score (nSPS) is 18.6. The van der Waals surface area contributed by atoms with Gasteiger partial charge in [0.2, 0.25) is 17.7 Å². The smallest absolute Gasteiger partial charge is 0.225 e. The largest absolute Gasteiger partial charge is 0.481 e. The number of amides is 2. The topological polar surface area (TPSA) is 121 Å². The number of methoxy groups -OCH3 is 1. The maximum atomic E-state index is 12.2. The molecule has 0 aliphatic carbocycles. The molecule has 3 saturated heterocycles. The lowest BCUT2D eigenvalue weighted by molar-refractivity contribution is -0.128. The van der Waals surface area contributed by atoms with Gasteiger partial charge in [0.05, 0.1) is 57.9 Å². The van der Waals surface area contributed by atoms with Crippen molar-refractivity contribution in [3.8, 4) is 28.3 Å². The van der Waals surface area contributed by atoms with E-state index in [1.54, 1.807) is 18.2 Å². The summed E-state index contributed by atoms with van der Waals surface area (Å²) >= 11 is 15.8. The van der Waals surface area contributed by atoms with Gasteiger partial charge in [-0.3, -0.25) is 19.5 Å². The highest BCUT2D eigenvalue weighted by Gasteiger charge is 2.47. The Kier molecular flexibility index (Phi) is 8.73. The van der Waals surface area contributed by atoms with Gasteiger partial charge in [-0.05, 0) is 24.1 Å². The second-order valence-electron chi connectivity index (χ2n) is 13.3. The molecule has 0 radical (unpaired) electrons. The number of carbonyl (C=O) groups is 2. The van der Waals surface area contributed by atoms with Crippen LogP contribution in [-0.2, 0) is 29.1 Å². The van der Waals surface area contributed by atoms with Crippen molar-refractivity contribution in [1.82, 2.24) is 30.1 Å². The standard InChI is InChI=1S/C37H34Cl2N6O4S/c1-49-36-22(16-44-19-37(20-44)12-10-30(47)43-37)8-9-27(41-36)26-7-3-6-25(34(26)39)24-5-2-4-21(33(24)38)14-28-35-29(11-13-40-28)50-31(42-35)18-45-17-23(46)15-32(45)48/h2-9,11,13,23,46H,10,12,14-20H2,1H3,(H,43,47)/t23-/m0/s1. The Balaban J connectivity index is 1.03. The van der Waals surface area contributed by atoms with Gasteiger partial charge in [-0.2, -0.15) is 0 Å². The van der Waals surface area contributed by atoms with E-state index in [2.05, 4.69) is 15.2 Å². The number of hydrogen-bond donors (Lipinski definition) is 2.